The first-order valence-electron chi connectivity index (χ1n) is 6.63. The molecule has 0 spiro atoms. The van der Waals surface area contributed by atoms with E-state index in [2.05, 4.69) is 4.98 Å². The Morgan fingerprint density at radius 1 is 1.35 bits per heavy atom. The van der Waals surface area contributed by atoms with Gasteiger partial charge in [-0.25, -0.2) is 13.4 Å². The fraction of sp³-hybridized carbons (Fsp3) is 0.667. The molecule has 0 bridgehead atoms. The zero-order valence-corrected chi connectivity index (χ0v) is 13.3. The molecule has 20 heavy (non-hydrogen) atoms. The van der Waals surface area contributed by atoms with E-state index in [9.17, 15) is 13.2 Å². The molecule has 0 unspecified atom stereocenters. The molecule has 1 fully saturated rings. The molecule has 2 heterocycles. The highest BCUT2D eigenvalue weighted by Gasteiger charge is 2.29. The van der Waals surface area contributed by atoms with E-state index in [4.69, 9.17) is 0 Å². The van der Waals surface area contributed by atoms with Crippen LogP contribution >= 0.6 is 11.3 Å². The lowest BCUT2D eigenvalue weighted by atomic mass is 10.3. The molecule has 8 heteroatoms. The fourth-order valence-corrected chi connectivity index (χ4v) is 4.26. The van der Waals surface area contributed by atoms with E-state index in [-0.39, 0.29) is 11.7 Å². The van der Waals surface area contributed by atoms with Crippen molar-refractivity contribution >= 4 is 27.3 Å². The van der Waals surface area contributed by atoms with Crippen LogP contribution in [0, 0.1) is 6.92 Å². The highest BCUT2D eigenvalue weighted by Crippen LogP contribution is 2.14. The van der Waals surface area contributed by atoms with Crippen molar-refractivity contribution in [1.82, 2.24) is 14.2 Å². The molecule has 1 amide bonds. The van der Waals surface area contributed by atoms with Crippen LogP contribution < -0.4 is 0 Å². The average Bonchev–Trinajstić information content (AvgIpc) is 2.85. The van der Waals surface area contributed by atoms with Crippen molar-refractivity contribution in [3.63, 3.8) is 0 Å². The monoisotopic (exact) mass is 317 g/mol. The lowest BCUT2D eigenvalue weighted by Crippen LogP contribution is -2.51. The van der Waals surface area contributed by atoms with E-state index in [1.54, 1.807) is 10.3 Å². The summed E-state index contributed by atoms with van der Waals surface area (Å²) >= 11 is 1.44. The third kappa shape index (κ3) is 3.36. The second kappa shape index (κ2) is 6.19. The summed E-state index contributed by atoms with van der Waals surface area (Å²) in [5.41, 5.74) is 0.456. The second-order valence-corrected chi connectivity index (χ2v) is 7.91. The smallest absolute Gasteiger partial charge is 0.273 e. The Labute approximate surface area is 123 Å². The maximum atomic E-state index is 12.2. The van der Waals surface area contributed by atoms with Crippen LogP contribution in [-0.2, 0) is 10.0 Å². The zero-order valence-electron chi connectivity index (χ0n) is 11.7. The number of hydrogen-bond donors (Lipinski definition) is 0. The average molecular weight is 317 g/mol. The molecular weight excluding hydrogens is 298 g/mol. The van der Waals surface area contributed by atoms with Crippen LogP contribution in [0.25, 0.3) is 0 Å². The van der Waals surface area contributed by atoms with Crippen LogP contribution in [0.4, 0.5) is 0 Å². The summed E-state index contributed by atoms with van der Waals surface area (Å²) in [6, 6.07) is 0. The minimum atomic E-state index is -3.16. The number of nitrogens with zero attached hydrogens (tertiary/aromatic N) is 3. The SMILES string of the molecule is CCCS(=O)(=O)N1CCN(C(=O)c2csc(C)n2)CC1. The van der Waals surface area contributed by atoms with Gasteiger partial charge in [0, 0.05) is 31.6 Å². The highest BCUT2D eigenvalue weighted by molar-refractivity contribution is 7.89. The van der Waals surface area contributed by atoms with Crippen LogP contribution in [0.3, 0.4) is 0 Å². The van der Waals surface area contributed by atoms with Gasteiger partial charge in [0.2, 0.25) is 10.0 Å². The molecular formula is C12H19N3O3S2. The third-order valence-electron chi connectivity index (χ3n) is 3.22. The minimum Gasteiger partial charge on any atom is -0.335 e. The van der Waals surface area contributed by atoms with Gasteiger partial charge >= 0.3 is 0 Å². The Hall–Kier alpha value is -0.990. The van der Waals surface area contributed by atoms with E-state index in [0.717, 1.165) is 5.01 Å². The van der Waals surface area contributed by atoms with Crippen LogP contribution in [0.1, 0.15) is 28.8 Å². The molecule has 0 atom stereocenters. The summed E-state index contributed by atoms with van der Waals surface area (Å²) in [4.78, 5) is 18.0. The predicted molar refractivity (Wildman–Crippen MR) is 78.4 cm³/mol. The molecule has 1 aromatic rings. The fourth-order valence-electron chi connectivity index (χ4n) is 2.18. The lowest BCUT2D eigenvalue weighted by Gasteiger charge is -2.33. The summed E-state index contributed by atoms with van der Waals surface area (Å²) in [6.45, 7) is 5.31. The number of carbonyl (C=O) groups is 1. The summed E-state index contributed by atoms with van der Waals surface area (Å²) in [5, 5.41) is 2.61. The van der Waals surface area contributed by atoms with Gasteiger partial charge in [-0.1, -0.05) is 6.92 Å². The molecule has 112 valence electrons. The van der Waals surface area contributed by atoms with Gasteiger partial charge in [0.25, 0.3) is 5.91 Å². The number of sulfonamides is 1. The third-order valence-corrected chi connectivity index (χ3v) is 6.07. The number of aromatic nitrogens is 1. The van der Waals surface area contributed by atoms with Gasteiger partial charge < -0.3 is 4.90 Å². The zero-order chi connectivity index (χ0) is 14.8. The van der Waals surface area contributed by atoms with Crippen LogP contribution in [0.15, 0.2) is 5.38 Å². The van der Waals surface area contributed by atoms with Crippen molar-refractivity contribution in [3.05, 3.63) is 16.1 Å². The van der Waals surface area contributed by atoms with Gasteiger partial charge in [0.05, 0.1) is 10.8 Å². The molecule has 1 aliphatic heterocycles. The molecule has 1 aliphatic rings. The molecule has 0 aromatic carbocycles. The second-order valence-electron chi connectivity index (χ2n) is 4.76. The molecule has 0 saturated carbocycles. The lowest BCUT2D eigenvalue weighted by molar-refractivity contribution is 0.0692. The number of carbonyl (C=O) groups excluding carboxylic acids is 1. The van der Waals surface area contributed by atoms with Crippen molar-refractivity contribution in [3.8, 4) is 0 Å². The van der Waals surface area contributed by atoms with Crippen molar-refractivity contribution in [2.24, 2.45) is 0 Å². The summed E-state index contributed by atoms with van der Waals surface area (Å²) in [6.07, 6.45) is 0.611. The highest BCUT2D eigenvalue weighted by atomic mass is 32.2. The number of hydrogen-bond acceptors (Lipinski definition) is 5. The Kier molecular flexibility index (Phi) is 4.77. The number of aryl methyl sites for hydroxylation is 1. The van der Waals surface area contributed by atoms with Crippen molar-refractivity contribution in [2.75, 3.05) is 31.9 Å². The van der Waals surface area contributed by atoms with Crippen LogP contribution in [-0.4, -0.2) is 60.4 Å². The van der Waals surface area contributed by atoms with Gasteiger partial charge in [-0.2, -0.15) is 4.31 Å². The van der Waals surface area contributed by atoms with E-state index < -0.39 is 10.0 Å². The first-order chi connectivity index (χ1) is 9.44. The van der Waals surface area contributed by atoms with Gasteiger partial charge in [0.1, 0.15) is 5.69 Å². The van der Waals surface area contributed by atoms with Gasteiger partial charge in [0.15, 0.2) is 0 Å². The predicted octanol–water partition coefficient (Wildman–Crippen LogP) is 0.949. The molecule has 6 nitrogen and oxygen atoms in total. The molecule has 1 aromatic heterocycles. The molecule has 0 radical (unpaired) electrons. The van der Waals surface area contributed by atoms with E-state index in [1.165, 1.54) is 15.6 Å². The van der Waals surface area contributed by atoms with Crippen molar-refractivity contribution in [2.45, 2.75) is 20.3 Å². The van der Waals surface area contributed by atoms with Crippen molar-refractivity contribution in [1.29, 1.82) is 0 Å². The number of rotatable bonds is 4. The van der Waals surface area contributed by atoms with Crippen molar-refractivity contribution < 1.29 is 13.2 Å². The summed E-state index contributed by atoms with van der Waals surface area (Å²) in [5.74, 6) is 0.0635. The maximum absolute atomic E-state index is 12.2. The molecule has 2 rings (SSSR count). The maximum Gasteiger partial charge on any atom is 0.273 e. The van der Waals surface area contributed by atoms with Gasteiger partial charge in [-0.15, -0.1) is 11.3 Å². The Morgan fingerprint density at radius 3 is 2.50 bits per heavy atom. The standard InChI is InChI=1S/C12H19N3O3S2/c1-3-8-20(17,18)15-6-4-14(5-7-15)12(16)11-9-19-10(2)13-11/h9H,3-8H2,1-2H3. The molecule has 0 N–H and O–H groups in total. The topological polar surface area (TPSA) is 70.6 Å². The number of amides is 1. The first-order valence-corrected chi connectivity index (χ1v) is 9.12. The number of piperazine rings is 1. The van der Waals surface area contributed by atoms with Gasteiger partial charge in [-0.3, -0.25) is 4.79 Å². The normalized spacial score (nSPS) is 17.4. The molecule has 1 saturated heterocycles. The van der Waals surface area contributed by atoms with E-state index in [0.29, 0.717) is 38.3 Å². The van der Waals surface area contributed by atoms with E-state index in [1.807, 2.05) is 13.8 Å². The molecule has 0 aliphatic carbocycles. The van der Waals surface area contributed by atoms with Crippen LogP contribution in [0.2, 0.25) is 0 Å². The van der Waals surface area contributed by atoms with E-state index >= 15 is 0 Å². The Morgan fingerprint density at radius 2 is 2.00 bits per heavy atom. The van der Waals surface area contributed by atoms with Gasteiger partial charge in [-0.05, 0) is 13.3 Å². The Bertz CT molecular complexity index is 575. The first kappa shape index (κ1) is 15.4. The van der Waals surface area contributed by atoms with Crippen LogP contribution in [0.5, 0.6) is 0 Å². The largest absolute Gasteiger partial charge is 0.335 e. The summed E-state index contributed by atoms with van der Waals surface area (Å²) in [7, 11) is -3.16. The number of thiazole rings is 1. The Balaban J connectivity index is 1.96. The minimum absolute atomic E-state index is 0.109. The summed E-state index contributed by atoms with van der Waals surface area (Å²) < 4.78 is 25.4. The quantitative estimate of drug-likeness (QED) is 0.829.